The smallest absolute Gasteiger partial charge is 0.226 e. The third-order valence-electron chi connectivity index (χ3n) is 1.62. The molecule has 4 heteroatoms. The molecule has 2 atom stereocenters. The zero-order chi connectivity index (χ0) is 8.27. The van der Waals surface area contributed by atoms with Gasteiger partial charge < -0.3 is 15.2 Å². The molecular formula is C7H13NO3. The van der Waals surface area contributed by atoms with Crippen LogP contribution in [0.5, 0.6) is 0 Å². The number of amides is 1. The fourth-order valence-corrected chi connectivity index (χ4v) is 0.939. The molecule has 1 amide bonds. The molecule has 0 aliphatic carbocycles. The number of hydrogen-bond donors (Lipinski definition) is 2. The Morgan fingerprint density at radius 2 is 2.55 bits per heavy atom. The van der Waals surface area contributed by atoms with E-state index in [1.165, 1.54) is 0 Å². The maximum absolute atomic E-state index is 10.4. The molecule has 1 rings (SSSR count). The maximum Gasteiger partial charge on any atom is 0.226 e. The lowest BCUT2D eigenvalue weighted by atomic mass is 10.2. The molecule has 0 aromatic heterocycles. The second kappa shape index (κ2) is 3.69. The normalized spacial score (nSPS) is 25.6. The van der Waals surface area contributed by atoms with Crippen LogP contribution >= 0.6 is 0 Å². The molecule has 1 heterocycles. The molecule has 1 aliphatic heterocycles. The number of aliphatic hydroxyl groups is 1. The summed E-state index contributed by atoms with van der Waals surface area (Å²) in [5.74, 6) is 0.0335. The first-order valence-electron chi connectivity index (χ1n) is 3.78. The number of hydrogen-bond acceptors (Lipinski definition) is 3. The number of rotatable bonds is 4. The molecule has 11 heavy (non-hydrogen) atoms. The predicted octanol–water partition coefficient (Wildman–Crippen LogP) is -0.380. The lowest BCUT2D eigenvalue weighted by Crippen LogP contribution is -2.51. The van der Waals surface area contributed by atoms with Crippen LogP contribution in [-0.4, -0.2) is 30.0 Å². The molecule has 2 N–H and O–H groups in total. The van der Waals surface area contributed by atoms with Gasteiger partial charge in [0.2, 0.25) is 5.91 Å². The minimum atomic E-state index is -0.121. The third kappa shape index (κ3) is 2.48. The van der Waals surface area contributed by atoms with E-state index in [1.807, 2.05) is 6.92 Å². The molecule has 0 aromatic carbocycles. The molecule has 0 aromatic rings. The summed E-state index contributed by atoms with van der Waals surface area (Å²) in [6, 6.07) is 0. The molecule has 0 unspecified atom stereocenters. The van der Waals surface area contributed by atoms with Crippen LogP contribution < -0.4 is 5.32 Å². The molecule has 0 bridgehead atoms. The number of carbonyl (C=O) groups excluding carboxylic acids is 1. The van der Waals surface area contributed by atoms with Gasteiger partial charge in [-0.1, -0.05) is 0 Å². The highest BCUT2D eigenvalue weighted by Crippen LogP contribution is 2.09. The fourth-order valence-electron chi connectivity index (χ4n) is 0.939. The molecule has 1 aliphatic rings. The molecule has 1 saturated heterocycles. The Bertz CT molecular complexity index is 141. The van der Waals surface area contributed by atoms with Crippen LogP contribution in [0.4, 0.5) is 0 Å². The average molecular weight is 159 g/mol. The second-order valence-electron chi connectivity index (χ2n) is 2.72. The van der Waals surface area contributed by atoms with Gasteiger partial charge in [-0.05, 0) is 13.3 Å². The Morgan fingerprint density at radius 1 is 1.91 bits per heavy atom. The first kappa shape index (κ1) is 8.49. The largest absolute Gasteiger partial charge is 0.396 e. The van der Waals surface area contributed by atoms with Crippen molar-refractivity contribution in [2.24, 2.45) is 0 Å². The van der Waals surface area contributed by atoms with Crippen molar-refractivity contribution >= 4 is 5.91 Å². The van der Waals surface area contributed by atoms with Crippen molar-refractivity contribution in [3.8, 4) is 0 Å². The number of carbonyl (C=O) groups is 1. The second-order valence-corrected chi connectivity index (χ2v) is 2.72. The first-order chi connectivity index (χ1) is 5.22. The Morgan fingerprint density at radius 3 is 3.00 bits per heavy atom. The van der Waals surface area contributed by atoms with E-state index in [2.05, 4.69) is 5.32 Å². The summed E-state index contributed by atoms with van der Waals surface area (Å²) in [5.41, 5.74) is 0. The highest BCUT2D eigenvalue weighted by molar-refractivity contribution is 5.82. The fraction of sp³-hybridized carbons (Fsp3) is 0.857. The first-order valence-corrected chi connectivity index (χ1v) is 3.78. The van der Waals surface area contributed by atoms with Crippen LogP contribution in [0.2, 0.25) is 0 Å². The molecule has 0 saturated carbocycles. The van der Waals surface area contributed by atoms with Crippen molar-refractivity contribution in [1.82, 2.24) is 5.32 Å². The number of ether oxygens (including phenoxy) is 1. The van der Waals surface area contributed by atoms with Gasteiger partial charge in [0.15, 0.2) is 0 Å². The van der Waals surface area contributed by atoms with Crippen LogP contribution in [0.15, 0.2) is 0 Å². The summed E-state index contributed by atoms with van der Waals surface area (Å²) in [5, 5.41) is 11.1. The van der Waals surface area contributed by atoms with Crippen molar-refractivity contribution in [1.29, 1.82) is 0 Å². The maximum atomic E-state index is 10.4. The highest BCUT2D eigenvalue weighted by atomic mass is 16.5. The predicted molar refractivity (Wildman–Crippen MR) is 38.8 cm³/mol. The third-order valence-corrected chi connectivity index (χ3v) is 1.62. The zero-order valence-corrected chi connectivity index (χ0v) is 6.54. The van der Waals surface area contributed by atoms with Crippen molar-refractivity contribution < 1.29 is 14.6 Å². The zero-order valence-electron chi connectivity index (χ0n) is 6.54. The summed E-state index contributed by atoms with van der Waals surface area (Å²) in [7, 11) is 0. The molecule has 0 spiro atoms. The van der Waals surface area contributed by atoms with Gasteiger partial charge in [-0.25, -0.2) is 0 Å². The Balaban J connectivity index is 2.06. The summed E-state index contributed by atoms with van der Waals surface area (Å²) in [4.78, 5) is 10.4. The Hall–Kier alpha value is -0.610. The van der Waals surface area contributed by atoms with E-state index in [4.69, 9.17) is 9.84 Å². The Kier molecular flexibility index (Phi) is 2.84. The van der Waals surface area contributed by atoms with Gasteiger partial charge in [-0.2, -0.15) is 0 Å². The quantitative estimate of drug-likeness (QED) is 0.550. The summed E-state index contributed by atoms with van der Waals surface area (Å²) in [6.45, 7) is 2.00. The van der Waals surface area contributed by atoms with E-state index in [1.54, 1.807) is 0 Å². The van der Waals surface area contributed by atoms with Crippen molar-refractivity contribution in [3.63, 3.8) is 0 Å². The molecule has 64 valence electrons. The van der Waals surface area contributed by atoms with Crippen LogP contribution in [0.25, 0.3) is 0 Å². The minimum absolute atomic E-state index is 0.0191. The van der Waals surface area contributed by atoms with Gasteiger partial charge in [0.05, 0.1) is 12.5 Å². The van der Waals surface area contributed by atoms with E-state index in [9.17, 15) is 4.79 Å². The topological polar surface area (TPSA) is 58.6 Å². The minimum Gasteiger partial charge on any atom is -0.396 e. The monoisotopic (exact) mass is 159 g/mol. The van der Waals surface area contributed by atoms with E-state index in [0.717, 1.165) is 0 Å². The van der Waals surface area contributed by atoms with Crippen molar-refractivity contribution in [2.45, 2.75) is 32.1 Å². The average Bonchev–Trinajstić information content (AvgIpc) is 1.85. The van der Waals surface area contributed by atoms with Crippen LogP contribution in [0.1, 0.15) is 19.8 Å². The van der Waals surface area contributed by atoms with Crippen LogP contribution in [-0.2, 0) is 9.53 Å². The highest BCUT2D eigenvalue weighted by Gasteiger charge is 2.27. The number of nitrogens with one attached hydrogen (secondary N) is 1. The van der Waals surface area contributed by atoms with E-state index >= 15 is 0 Å². The standard InChI is InChI=1S/C7H13NO3/c1-5(2-3-9)11-7-4-6(10)8-7/h5,7,9H,2-4H2,1H3,(H,8,10)/t5-,7-/m1/s1. The lowest BCUT2D eigenvalue weighted by Gasteiger charge is -2.29. The van der Waals surface area contributed by atoms with E-state index < -0.39 is 0 Å². The molecule has 4 nitrogen and oxygen atoms in total. The van der Waals surface area contributed by atoms with Gasteiger partial charge in [0, 0.05) is 6.61 Å². The SMILES string of the molecule is C[C@H](CCO)O[C@@H]1CC(=O)N1. The van der Waals surface area contributed by atoms with Crippen molar-refractivity contribution in [2.75, 3.05) is 6.61 Å². The lowest BCUT2D eigenvalue weighted by molar-refractivity contribution is -0.145. The summed E-state index contributed by atoms with van der Waals surface area (Å²) in [6.07, 6.45) is 0.969. The van der Waals surface area contributed by atoms with E-state index in [0.29, 0.717) is 12.8 Å². The van der Waals surface area contributed by atoms with Crippen molar-refractivity contribution in [3.05, 3.63) is 0 Å². The van der Waals surface area contributed by atoms with Crippen LogP contribution in [0.3, 0.4) is 0 Å². The van der Waals surface area contributed by atoms with Gasteiger partial charge in [0.25, 0.3) is 0 Å². The number of β-lactam (4-membered cyclic amide) rings is 1. The molecule has 1 fully saturated rings. The van der Waals surface area contributed by atoms with Gasteiger partial charge in [0.1, 0.15) is 6.23 Å². The molecule has 0 radical (unpaired) electrons. The summed E-state index contributed by atoms with van der Waals surface area (Å²) >= 11 is 0. The number of aliphatic hydroxyl groups excluding tert-OH is 1. The van der Waals surface area contributed by atoms with Gasteiger partial charge >= 0.3 is 0 Å². The van der Waals surface area contributed by atoms with Gasteiger partial charge in [-0.15, -0.1) is 0 Å². The Labute approximate surface area is 65.5 Å². The summed E-state index contributed by atoms with van der Waals surface area (Å²) < 4.78 is 5.31. The van der Waals surface area contributed by atoms with E-state index in [-0.39, 0.29) is 24.8 Å². The molecular weight excluding hydrogens is 146 g/mol. The van der Waals surface area contributed by atoms with Gasteiger partial charge in [-0.3, -0.25) is 4.79 Å². The van der Waals surface area contributed by atoms with Crippen LogP contribution in [0, 0.1) is 0 Å².